The van der Waals surface area contributed by atoms with E-state index in [1.165, 1.54) is 38.2 Å². The number of allylic oxidation sites excluding steroid dienone is 2. The van der Waals surface area contributed by atoms with Gasteiger partial charge < -0.3 is 9.47 Å². The molecule has 0 radical (unpaired) electrons. The lowest BCUT2D eigenvalue weighted by Gasteiger charge is -2.33. The van der Waals surface area contributed by atoms with E-state index in [0.717, 1.165) is 40.6 Å². The molecule has 0 saturated carbocycles. The van der Waals surface area contributed by atoms with Crippen molar-refractivity contribution in [3.63, 3.8) is 0 Å². The van der Waals surface area contributed by atoms with Gasteiger partial charge in [0.2, 0.25) is 0 Å². The van der Waals surface area contributed by atoms with Gasteiger partial charge in [0, 0.05) is 34.6 Å². The number of benzene rings is 6. The first kappa shape index (κ1) is 22.9. The van der Waals surface area contributed by atoms with Crippen LogP contribution < -0.4 is 9.47 Å². The van der Waals surface area contributed by atoms with Crippen LogP contribution in [0.3, 0.4) is 0 Å². The fourth-order valence-corrected chi connectivity index (χ4v) is 6.23. The van der Waals surface area contributed by atoms with Crippen LogP contribution in [0.15, 0.2) is 145 Å². The fourth-order valence-electron chi connectivity index (χ4n) is 6.23. The summed E-state index contributed by atoms with van der Waals surface area (Å²) in [5.41, 5.74) is 5.81. The van der Waals surface area contributed by atoms with Crippen LogP contribution in [0.4, 0.5) is 0 Å². The fraction of sp³-hybridized carbons (Fsp3) is 0.0526. The lowest BCUT2D eigenvalue weighted by Crippen LogP contribution is -2.18. The number of hydrogen-bond acceptors (Lipinski definition) is 2. The lowest BCUT2D eigenvalue weighted by atomic mass is 9.79. The van der Waals surface area contributed by atoms with E-state index in [1.54, 1.807) is 0 Å². The monoisotopic (exact) mass is 514 g/mol. The largest absolute Gasteiger partial charge is 0.457 e. The van der Waals surface area contributed by atoms with E-state index in [-0.39, 0.29) is 5.92 Å². The second-order valence-corrected chi connectivity index (χ2v) is 10.4. The minimum atomic E-state index is -0.0348. The Bertz CT molecular complexity index is 1970. The first-order chi connectivity index (χ1) is 19.8. The quantitative estimate of drug-likeness (QED) is 0.234. The molecule has 2 nitrogen and oxygen atoms in total. The molecule has 1 unspecified atom stereocenters. The molecule has 0 bridgehead atoms. The standard InChI is InChI=1S/C38H26O2/c1-3-13-27(14-4-1)36-24-32(37-30-18-10-8-12-26(30)20-22-35(37)39-36)33-23-31-29-17-9-7-11-25(29)19-21-34(31)40-38(33)28-15-5-2-6-16-28/h1-22,24,32H,23H2. The Morgan fingerprint density at radius 3 is 1.85 bits per heavy atom. The van der Waals surface area contributed by atoms with Crippen molar-refractivity contribution in [2.75, 3.05) is 0 Å². The van der Waals surface area contributed by atoms with E-state index in [9.17, 15) is 0 Å². The van der Waals surface area contributed by atoms with Gasteiger partial charge in [0.05, 0.1) is 0 Å². The van der Waals surface area contributed by atoms with Crippen molar-refractivity contribution < 1.29 is 9.47 Å². The second-order valence-electron chi connectivity index (χ2n) is 10.4. The highest BCUT2D eigenvalue weighted by Crippen LogP contribution is 2.50. The van der Waals surface area contributed by atoms with E-state index in [4.69, 9.17) is 9.47 Å². The van der Waals surface area contributed by atoms with E-state index < -0.39 is 0 Å². The average Bonchev–Trinajstić information content (AvgIpc) is 3.04. The molecule has 0 fully saturated rings. The van der Waals surface area contributed by atoms with Gasteiger partial charge in [0.1, 0.15) is 23.0 Å². The highest BCUT2D eigenvalue weighted by Gasteiger charge is 2.33. The van der Waals surface area contributed by atoms with Crippen LogP contribution >= 0.6 is 0 Å². The van der Waals surface area contributed by atoms with Gasteiger partial charge in [-0.05, 0) is 45.3 Å². The van der Waals surface area contributed by atoms with Crippen LogP contribution in [0.25, 0.3) is 33.1 Å². The summed E-state index contributed by atoms with van der Waals surface area (Å²) in [4.78, 5) is 0. The van der Waals surface area contributed by atoms with Crippen LogP contribution in [0.1, 0.15) is 28.2 Å². The van der Waals surface area contributed by atoms with Crippen LogP contribution in [0.5, 0.6) is 11.5 Å². The normalized spacial score (nSPS) is 16.1. The Balaban J connectivity index is 1.41. The molecule has 0 aromatic heterocycles. The molecule has 2 aliphatic rings. The van der Waals surface area contributed by atoms with Gasteiger partial charge in [-0.25, -0.2) is 0 Å². The van der Waals surface area contributed by atoms with E-state index in [1.807, 2.05) is 6.07 Å². The maximum atomic E-state index is 6.87. The number of ether oxygens (including phenoxy) is 2. The zero-order chi connectivity index (χ0) is 26.5. The number of rotatable bonds is 3. The molecule has 6 aromatic rings. The minimum Gasteiger partial charge on any atom is -0.457 e. The smallest absolute Gasteiger partial charge is 0.135 e. The topological polar surface area (TPSA) is 18.5 Å². The van der Waals surface area contributed by atoms with Crippen molar-refractivity contribution in [2.24, 2.45) is 0 Å². The number of fused-ring (bicyclic) bond motifs is 6. The molecule has 0 N–H and O–H groups in total. The zero-order valence-corrected chi connectivity index (χ0v) is 21.9. The molecular formula is C38H26O2. The second kappa shape index (κ2) is 9.29. The maximum Gasteiger partial charge on any atom is 0.135 e. The average molecular weight is 515 g/mol. The van der Waals surface area contributed by atoms with E-state index >= 15 is 0 Å². The van der Waals surface area contributed by atoms with Crippen molar-refractivity contribution in [1.29, 1.82) is 0 Å². The van der Waals surface area contributed by atoms with Crippen molar-refractivity contribution in [3.05, 3.63) is 167 Å². The molecule has 1 atom stereocenters. The van der Waals surface area contributed by atoms with Gasteiger partial charge in [0.15, 0.2) is 0 Å². The highest BCUT2D eigenvalue weighted by atomic mass is 16.5. The molecule has 2 heterocycles. The molecule has 40 heavy (non-hydrogen) atoms. The molecule has 0 amide bonds. The lowest BCUT2D eigenvalue weighted by molar-refractivity contribution is 0.475. The molecule has 0 saturated heterocycles. The first-order valence-corrected chi connectivity index (χ1v) is 13.8. The van der Waals surface area contributed by atoms with Gasteiger partial charge in [-0.2, -0.15) is 0 Å². The van der Waals surface area contributed by atoms with Gasteiger partial charge in [-0.1, -0.05) is 121 Å². The van der Waals surface area contributed by atoms with Crippen molar-refractivity contribution in [3.8, 4) is 11.5 Å². The highest BCUT2D eigenvalue weighted by molar-refractivity contribution is 5.93. The molecular weight excluding hydrogens is 488 g/mol. The molecule has 0 aliphatic carbocycles. The molecule has 8 rings (SSSR count). The molecule has 190 valence electrons. The Labute approximate surface area is 233 Å². The van der Waals surface area contributed by atoms with E-state index in [0.29, 0.717) is 0 Å². The third kappa shape index (κ3) is 3.72. The number of hydrogen-bond donors (Lipinski definition) is 0. The Morgan fingerprint density at radius 1 is 0.500 bits per heavy atom. The Hall–Kier alpha value is -5.08. The van der Waals surface area contributed by atoms with Crippen LogP contribution in [0, 0.1) is 0 Å². The van der Waals surface area contributed by atoms with E-state index in [2.05, 4.69) is 133 Å². The summed E-state index contributed by atoms with van der Waals surface area (Å²) in [6, 6.07) is 46.7. The SMILES string of the molecule is C1=C(c2ccccc2)Oc2ccc3ccccc3c2C1C1=C(c2ccccc2)Oc2ccc3ccccc3c2C1. The Kier molecular flexibility index (Phi) is 5.31. The summed E-state index contributed by atoms with van der Waals surface area (Å²) in [6.45, 7) is 0. The maximum absolute atomic E-state index is 6.87. The van der Waals surface area contributed by atoms with Crippen molar-refractivity contribution in [1.82, 2.24) is 0 Å². The summed E-state index contributed by atoms with van der Waals surface area (Å²) in [5.74, 6) is 3.59. The molecule has 2 heteroatoms. The van der Waals surface area contributed by atoms with Crippen molar-refractivity contribution >= 4 is 33.1 Å². The van der Waals surface area contributed by atoms with Gasteiger partial charge in [-0.3, -0.25) is 0 Å². The van der Waals surface area contributed by atoms with Gasteiger partial charge in [0.25, 0.3) is 0 Å². The third-order valence-corrected chi connectivity index (χ3v) is 8.12. The van der Waals surface area contributed by atoms with Gasteiger partial charge >= 0.3 is 0 Å². The van der Waals surface area contributed by atoms with Gasteiger partial charge in [-0.15, -0.1) is 0 Å². The summed E-state index contributed by atoms with van der Waals surface area (Å²) in [5, 5.41) is 4.88. The summed E-state index contributed by atoms with van der Waals surface area (Å²) in [7, 11) is 0. The first-order valence-electron chi connectivity index (χ1n) is 13.8. The Morgan fingerprint density at radius 2 is 1.10 bits per heavy atom. The van der Waals surface area contributed by atoms with Crippen LogP contribution in [-0.2, 0) is 6.42 Å². The minimum absolute atomic E-state index is 0.0348. The van der Waals surface area contributed by atoms with Crippen LogP contribution in [-0.4, -0.2) is 0 Å². The van der Waals surface area contributed by atoms with Crippen molar-refractivity contribution in [2.45, 2.75) is 12.3 Å². The predicted molar refractivity (Wildman–Crippen MR) is 163 cm³/mol. The molecule has 0 spiro atoms. The third-order valence-electron chi connectivity index (χ3n) is 8.12. The summed E-state index contributed by atoms with van der Waals surface area (Å²) in [6.07, 6.45) is 3.08. The predicted octanol–water partition coefficient (Wildman–Crippen LogP) is 9.56. The summed E-state index contributed by atoms with van der Waals surface area (Å²) >= 11 is 0. The molecule has 2 aliphatic heterocycles. The van der Waals surface area contributed by atoms with Crippen LogP contribution in [0.2, 0.25) is 0 Å². The summed E-state index contributed by atoms with van der Waals surface area (Å²) < 4.78 is 13.5. The zero-order valence-electron chi connectivity index (χ0n) is 21.9. The molecule has 6 aromatic carbocycles.